The fourth-order valence-corrected chi connectivity index (χ4v) is 2.20. The number of nitrogens with one attached hydrogen (secondary N) is 1. The third-order valence-electron chi connectivity index (χ3n) is 3.70. The van der Waals surface area contributed by atoms with Crippen LogP contribution >= 0.6 is 0 Å². The second-order valence-corrected chi connectivity index (χ2v) is 5.21. The zero-order valence-corrected chi connectivity index (χ0v) is 12.0. The lowest BCUT2D eigenvalue weighted by Gasteiger charge is -2.37. The van der Waals surface area contributed by atoms with Gasteiger partial charge >= 0.3 is 12.0 Å². The van der Waals surface area contributed by atoms with Crippen LogP contribution in [0.1, 0.15) is 17.3 Å². The monoisotopic (exact) mass is 295 g/mol. The van der Waals surface area contributed by atoms with Crippen LogP contribution in [0.3, 0.4) is 0 Å². The number of carboxylic acid groups (broad SMARTS) is 1. The number of anilines is 1. The molecule has 0 bridgehead atoms. The summed E-state index contributed by atoms with van der Waals surface area (Å²) in [5.41, 5.74) is -0.171. The van der Waals surface area contributed by atoms with Crippen molar-refractivity contribution in [3.8, 4) is 0 Å². The number of piperazine rings is 1. The lowest BCUT2D eigenvalue weighted by molar-refractivity contribution is 0.0692. The maximum absolute atomic E-state index is 13.6. The quantitative estimate of drug-likeness (QED) is 0.871. The molecule has 2 amide bonds. The second-order valence-electron chi connectivity index (χ2n) is 5.21. The highest BCUT2D eigenvalue weighted by Gasteiger charge is 2.24. The zero-order valence-electron chi connectivity index (χ0n) is 12.0. The summed E-state index contributed by atoms with van der Waals surface area (Å²) < 4.78 is 13.6. The Morgan fingerprint density at radius 1 is 1.38 bits per heavy atom. The minimum atomic E-state index is -1.33. The van der Waals surface area contributed by atoms with Gasteiger partial charge in [-0.1, -0.05) is 0 Å². The van der Waals surface area contributed by atoms with Crippen molar-refractivity contribution in [3.63, 3.8) is 0 Å². The molecule has 0 aromatic heterocycles. The van der Waals surface area contributed by atoms with E-state index in [1.54, 1.807) is 4.90 Å². The second kappa shape index (κ2) is 6.09. The predicted molar refractivity (Wildman–Crippen MR) is 76.0 cm³/mol. The van der Waals surface area contributed by atoms with Crippen molar-refractivity contribution >= 4 is 17.7 Å². The van der Waals surface area contributed by atoms with Crippen LogP contribution in [0.4, 0.5) is 14.9 Å². The van der Waals surface area contributed by atoms with Crippen molar-refractivity contribution < 1.29 is 19.1 Å². The van der Waals surface area contributed by atoms with Gasteiger partial charge in [0.2, 0.25) is 0 Å². The lowest BCUT2D eigenvalue weighted by atomic mass is 10.2. The molecule has 6 nitrogen and oxygen atoms in total. The van der Waals surface area contributed by atoms with E-state index in [1.807, 2.05) is 14.0 Å². The van der Waals surface area contributed by atoms with Crippen LogP contribution in [0.5, 0.6) is 0 Å². The Morgan fingerprint density at radius 3 is 2.67 bits per heavy atom. The van der Waals surface area contributed by atoms with E-state index in [0.29, 0.717) is 13.1 Å². The number of rotatable bonds is 2. The van der Waals surface area contributed by atoms with Crippen LogP contribution in [0.25, 0.3) is 0 Å². The minimum absolute atomic E-state index is 0.245. The fraction of sp³-hybridized carbons (Fsp3) is 0.429. The van der Waals surface area contributed by atoms with Gasteiger partial charge in [-0.3, -0.25) is 0 Å². The SMILES string of the molecule is CC1CN(C(=O)Nc2ccc(C(=O)O)c(F)c2)CCN1C. The van der Waals surface area contributed by atoms with Crippen molar-refractivity contribution in [1.82, 2.24) is 9.80 Å². The Hall–Kier alpha value is -2.15. The molecule has 0 radical (unpaired) electrons. The highest BCUT2D eigenvalue weighted by Crippen LogP contribution is 2.16. The van der Waals surface area contributed by atoms with Gasteiger partial charge in [-0.15, -0.1) is 0 Å². The summed E-state index contributed by atoms with van der Waals surface area (Å²) in [5.74, 6) is -2.20. The normalized spacial score (nSPS) is 19.4. The first-order valence-corrected chi connectivity index (χ1v) is 6.67. The molecule has 1 saturated heterocycles. The van der Waals surface area contributed by atoms with E-state index in [1.165, 1.54) is 6.07 Å². The van der Waals surface area contributed by atoms with E-state index >= 15 is 0 Å². The van der Waals surface area contributed by atoms with Gasteiger partial charge in [0.25, 0.3) is 0 Å². The highest BCUT2D eigenvalue weighted by molar-refractivity contribution is 5.91. The maximum Gasteiger partial charge on any atom is 0.338 e. The number of carbonyl (C=O) groups excluding carboxylic acids is 1. The average molecular weight is 295 g/mol. The van der Waals surface area contributed by atoms with Crippen LogP contribution in [-0.2, 0) is 0 Å². The number of halogens is 1. The molecule has 2 N–H and O–H groups in total. The van der Waals surface area contributed by atoms with E-state index in [9.17, 15) is 14.0 Å². The molecule has 1 aromatic rings. The van der Waals surface area contributed by atoms with Gasteiger partial charge in [-0.2, -0.15) is 0 Å². The van der Waals surface area contributed by atoms with Crippen molar-refractivity contribution in [2.24, 2.45) is 0 Å². The minimum Gasteiger partial charge on any atom is -0.478 e. The summed E-state index contributed by atoms with van der Waals surface area (Å²) in [7, 11) is 2.00. The van der Waals surface area contributed by atoms with E-state index in [4.69, 9.17) is 5.11 Å². The maximum atomic E-state index is 13.6. The third-order valence-corrected chi connectivity index (χ3v) is 3.70. The van der Waals surface area contributed by atoms with Gasteiger partial charge in [-0.05, 0) is 32.2 Å². The first-order chi connectivity index (χ1) is 9.88. The number of hydrogen-bond acceptors (Lipinski definition) is 3. The van der Waals surface area contributed by atoms with Gasteiger partial charge in [0.1, 0.15) is 5.82 Å². The molecule has 1 aliphatic rings. The van der Waals surface area contributed by atoms with Gasteiger partial charge in [0.15, 0.2) is 0 Å². The molecule has 114 valence electrons. The van der Waals surface area contributed by atoms with Crippen LogP contribution in [0.15, 0.2) is 18.2 Å². The number of hydrogen-bond donors (Lipinski definition) is 2. The average Bonchev–Trinajstić information content (AvgIpc) is 2.41. The molecule has 1 heterocycles. The third kappa shape index (κ3) is 3.49. The van der Waals surface area contributed by atoms with Crippen LogP contribution in [0.2, 0.25) is 0 Å². The highest BCUT2D eigenvalue weighted by atomic mass is 19.1. The molecule has 1 fully saturated rings. The largest absolute Gasteiger partial charge is 0.478 e. The topological polar surface area (TPSA) is 72.9 Å². The van der Waals surface area contributed by atoms with Crippen LogP contribution in [0, 0.1) is 5.82 Å². The summed E-state index contributed by atoms with van der Waals surface area (Å²) in [6.07, 6.45) is 0. The fourth-order valence-electron chi connectivity index (χ4n) is 2.20. The standard InChI is InChI=1S/C14H18FN3O3/c1-9-8-18(6-5-17(9)2)14(21)16-10-3-4-11(13(19)20)12(15)7-10/h3-4,7,9H,5-6,8H2,1-2H3,(H,16,21)(H,19,20). The molecule has 1 atom stereocenters. The van der Waals surface area contributed by atoms with E-state index < -0.39 is 17.3 Å². The summed E-state index contributed by atoms with van der Waals surface area (Å²) in [4.78, 5) is 26.7. The first-order valence-electron chi connectivity index (χ1n) is 6.67. The Labute approximate surface area is 122 Å². The summed E-state index contributed by atoms with van der Waals surface area (Å²) in [6.45, 7) is 4.00. The number of benzene rings is 1. The summed E-state index contributed by atoms with van der Waals surface area (Å²) in [6, 6.07) is 3.48. The van der Waals surface area contributed by atoms with Crippen LogP contribution < -0.4 is 5.32 Å². The lowest BCUT2D eigenvalue weighted by Crippen LogP contribution is -2.53. The number of carbonyl (C=O) groups is 2. The Kier molecular flexibility index (Phi) is 4.42. The molecule has 0 aliphatic carbocycles. The van der Waals surface area contributed by atoms with Gasteiger partial charge in [-0.25, -0.2) is 14.0 Å². The smallest absolute Gasteiger partial charge is 0.338 e. The van der Waals surface area contributed by atoms with E-state index in [0.717, 1.165) is 18.7 Å². The number of aromatic carboxylic acids is 1. The summed E-state index contributed by atoms with van der Waals surface area (Å²) >= 11 is 0. The molecule has 0 spiro atoms. The van der Waals surface area contributed by atoms with Crippen molar-refractivity contribution in [2.75, 3.05) is 32.0 Å². The van der Waals surface area contributed by atoms with E-state index in [2.05, 4.69) is 10.2 Å². The number of amides is 2. The Balaban J connectivity index is 2.03. The molecule has 1 aliphatic heterocycles. The Morgan fingerprint density at radius 2 is 2.10 bits per heavy atom. The summed E-state index contributed by atoms with van der Waals surface area (Å²) in [5, 5.41) is 11.3. The molecule has 1 aromatic carbocycles. The number of urea groups is 1. The van der Waals surface area contributed by atoms with Gasteiger partial charge in [0, 0.05) is 31.4 Å². The van der Waals surface area contributed by atoms with Crippen molar-refractivity contribution in [2.45, 2.75) is 13.0 Å². The molecule has 0 saturated carbocycles. The zero-order chi connectivity index (χ0) is 15.6. The molecular weight excluding hydrogens is 277 g/mol. The van der Waals surface area contributed by atoms with Gasteiger partial charge in [0.05, 0.1) is 5.56 Å². The van der Waals surface area contributed by atoms with E-state index in [-0.39, 0.29) is 17.8 Å². The predicted octanol–water partition coefficient (Wildman–Crippen LogP) is 1.69. The number of nitrogens with zero attached hydrogens (tertiary/aromatic N) is 2. The van der Waals surface area contributed by atoms with Crippen LogP contribution in [-0.4, -0.2) is 59.6 Å². The number of likely N-dealkylation sites (N-methyl/N-ethyl adjacent to an activating group) is 1. The first kappa shape index (κ1) is 15.2. The molecule has 1 unspecified atom stereocenters. The number of carboxylic acids is 1. The molecular formula is C14H18FN3O3. The molecule has 2 rings (SSSR count). The molecule has 21 heavy (non-hydrogen) atoms. The Bertz CT molecular complexity index is 564. The molecule has 7 heteroatoms. The van der Waals surface area contributed by atoms with Crippen molar-refractivity contribution in [3.05, 3.63) is 29.6 Å². The van der Waals surface area contributed by atoms with Crippen molar-refractivity contribution in [1.29, 1.82) is 0 Å². The van der Waals surface area contributed by atoms with Gasteiger partial charge < -0.3 is 20.2 Å².